The van der Waals surface area contributed by atoms with Gasteiger partial charge in [-0.15, -0.1) is 0 Å². The summed E-state index contributed by atoms with van der Waals surface area (Å²) in [7, 11) is 0. The van der Waals surface area contributed by atoms with E-state index in [1.165, 1.54) is 0 Å². The maximum absolute atomic E-state index is 10.3. The summed E-state index contributed by atoms with van der Waals surface area (Å²) in [5.74, 6) is 1.21. The van der Waals surface area contributed by atoms with Crippen LogP contribution in [-0.2, 0) is 0 Å². The van der Waals surface area contributed by atoms with Gasteiger partial charge in [0.05, 0.1) is 13.2 Å². The topological polar surface area (TPSA) is 117 Å². The number of hydrogen-bond acceptors (Lipinski definition) is 4. The van der Waals surface area contributed by atoms with Crippen LogP contribution in [0.15, 0.2) is 22.7 Å². The Morgan fingerprint density at radius 2 is 1.35 bits per heavy atom. The summed E-state index contributed by atoms with van der Waals surface area (Å²) in [6, 6.07) is 5.28. The predicted octanol–water partition coefficient (Wildman–Crippen LogP) is 2.52. The Kier molecular flexibility index (Phi) is 8.66. The molecule has 9 heteroatoms. The molecule has 8 nitrogen and oxygen atoms in total. The van der Waals surface area contributed by atoms with E-state index in [2.05, 4.69) is 26.6 Å². The number of rotatable bonds is 10. The smallest absolute Gasteiger partial charge is 0.404 e. The molecule has 1 aromatic rings. The van der Waals surface area contributed by atoms with E-state index >= 15 is 0 Å². The molecule has 0 aromatic heterocycles. The third-order valence-corrected chi connectivity index (χ3v) is 3.03. The summed E-state index contributed by atoms with van der Waals surface area (Å²) < 4.78 is 11.9. The second-order valence-corrected chi connectivity index (χ2v) is 5.41. The molecule has 0 atom stereocenters. The molecule has 0 saturated carbocycles. The second kappa shape index (κ2) is 10.5. The minimum absolute atomic E-state index is 0.323. The summed E-state index contributed by atoms with van der Waals surface area (Å²) >= 11 is 3.36. The van der Waals surface area contributed by atoms with Crippen LogP contribution in [0.3, 0.4) is 0 Å². The molecule has 0 unspecified atom stereocenters. The fraction of sp³-hybridized carbons (Fsp3) is 0.429. The number of nitrogens with one attached hydrogen (secondary N) is 2. The summed E-state index contributed by atoms with van der Waals surface area (Å²) in [4.78, 5) is 20.6. The lowest BCUT2D eigenvalue weighted by molar-refractivity contribution is 0.192. The van der Waals surface area contributed by atoms with E-state index in [0.717, 1.165) is 4.47 Å². The van der Waals surface area contributed by atoms with Crippen molar-refractivity contribution in [1.29, 1.82) is 0 Å². The third kappa shape index (κ3) is 9.46. The lowest BCUT2D eigenvalue weighted by Crippen LogP contribution is -2.23. The summed E-state index contributed by atoms with van der Waals surface area (Å²) in [5.41, 5.74) is 0. The van der Waals surface area contributed by atoms with Gasteiger partial charge in [0.15, 0.2) is 0 Å². The van der Waals surface area contributed by atoms with Crippen LogP contribution in [-0.4, -0.2) is 48.7 Å². The highest BCUT2D eigenvalue weighted by atomic mass is 79.9. The first-order valence-corrected chi connectivity index (χ1v) is 7.76. The van der Waals surface area contributed by atoms with Gasteiger partial charge in [0.2, 0.25) is 0 Å². The highest BCUT2D eigenvalue weighted by molar-refractivity contribution is 9.10. The summed E-state index contributed by atoms with van der Waals surface area (Å²) in [6.07, 6.45) is -1.01. The molecule has 128 valence electrons. The minimum Gasteiger partial charge on any atom is -0.493 e. The van der Waals surface area contributed by atoms with Crippen LogP contribution in [0.4, 0.5) is 9.59 Å². The van der Waals surface area contributed by atoms with Crippen molar-refractivity contribution < 1.29 is 29.3 Å². The van der Waals surface area contributed by atoms with Crippen molar-refractivity contribution in [2.24, 2.45) is 0 Å². The molecule has 0 aliphatic heterocycles. The van der Waals surface area contributed by atoms with E-state index in [9.17, 15) is 9.59 Å². The molecular weight excluding hydrogens is 372 g/mol. The normalized spacial score (nSPS) is 9.96. The molecule has 1 aromatic carbocycles. The standard InChI is InChI=1S/C14H19BrN2O6/c15-10-7-11(22-5-1-3-16-13(18)19)9-12(8-10)23-6-2-4-17-14(20)21/h7-9,16-17H,1-6H2,(H,18,19)(H,20,21). The van der Waals surface area contributed by atoms with Crippen molar-refractivity contribution in [1.82, 2.24) is 10.6 Å². The second-order valence-electron chi connectivity index (χ2n) is 4.49. The van der Waals surface area contributed by atoms with Gasteiger partial charge in [0, 0.05) is 23.6 Å². The first-order valence-electron chi connectivity index (χ1n) is 6.97. The first kappa shape index (κ1) is 18.9. The molecule has 0 radical (unpaired) electrons. The van der Waals surface area contributed by atoms with E-state index in [0.29, 0.717) is 50.6 Å². The predicted molar refractivity (Wildman–Crippen MR) is 86.4 cm³/mol. The molecule has 0 bridgehead atoms. The average molecular weight is 391 g/mol. The molecule has 4 N–H and O–H groups in total. The maximum atomic E-state index is 10.3. The highest BCUT2D eigenvalue weighted by Gasteiger charge is 2.03. The number of benzene rings is 1. The minimum atomic E-state index is -1.06. The van der Waals surface area contributed by atoms with Crippen LogP contribution >= 0.6 is 15.9 Å². The Morgan fingerprint density at radius 3 is 1.74 bits per heavy atom. The Bertz CT molecular complexity index is 484. The van der Waals surface area contributed by atoms with Gasteiger partial charge in [0.1, 0.15) is 11.5 Å². The van der Waals surface area contributed by atoms with E-state index in [1.807, 2.05) is 0 Å². The van der Waals surface area contributed by atoms with E-state index < -0.39 is 12.2 Å². The van der Waals surface area contributed by atoms with E-state index in [-0.39, 0.29) is 0 Å². The van der Waals surface area contributed by atoms with Crippen LogP contribution in [0.1, 0.15) is 12.8 Å². The van der Waals surface area contributed by atoms with Crippen molar-refractivity contribution in [2.45, 2.75) is 12.8 Å². The highest BCUT2D eigenvalue weighted by Crippen LogP contribution is 2.26. The van der Waals surface area contributed by atoms with Gasteiger partial charge in [-0.2, -0.15) is 0 Å². The molecule has 0 heterocycles. The van der Waals surface area contributed by atoms with E-state index in [1.54, 1.807) is 18.2 Å². The van der Waals surface area contributed by atoms with Gasteiger partial charge in [-0.25, -0.2) is 9.59 Å². The zero-order valence-corrected chi connectivity index (χ0v) is 14.0. The SMILES string of the molecule is O=C(O)NCCCOc1cc(Br)cc(OCCCNC(=O)O)c1. The third-order valence-electron chi connectivity index (χ3n) is 2.58. The molecule has 23 heavy (non-hydrogen) atoms. The van der Waals surface area contributed by atoms with Crippen LogP contribution in [0.25, 0.3) is 0 Å². The van der Waals surface area contributed by atoms with Crippen molar-refractivity contribution in [3.05, 3.63) is 22.7 Å². The number of ether oxygens (including phenoxy) is 2. The van der Waals surface area contributed by atoms with Gasteiger partial charge >= 0.3 is 12.2 Å². The first-order chi connectivity index (χ1) is 11.0. The number of carbonyl (C=O) groups is 2. The van der Waals surface area contributed by atoms with Gasteiger partial charge in [-0.3, -0.25) is 0 Å². The molecule has 0 aliphatic rings. The van der Waals surface area contributed by atoms with Gasteiger partial charge in [0.25, 0.3) is 0 Å². The lowest BCUT2D eigenvalue weighted by atomic mass is 10.3. The molecule has 0 fully saturated rings. The Hall–Kier alpha value is -2.16. The molecule has 0 saturated heterocycles. The van der Waals surface area contributed by atoms with Crippen LogP contribution < -0.4 is 20.1 Å². The Morgan fingerprint density at radius 1 is 0.913 bits per heavy atom. The Balaban J connectivity index is 2.33. The Labute approximate surface area is 141 Å². The molecular formula is C14H19BrN2O6. The summed E-state index contributed by atoms with van der Waals surface area (Å²) in [6.45, 7) is 1.39. The fourth-order valence-corrected chi connectivity index (χ4v) is 2.07. The lowest BCUT2D eigenvalue weighted by Gasteiger charge is -2.11. The monoisotopic (exact) mass is 390 g/mol. The van der Waals surface area contributed by atoms with Gasteiger partial charge < -0.3 is 30.3 Å². The largest absolute Gasteiger partial charge is 0.493 e. The van der Waals surface area contributed by atoms with Crippen LogP contribution in [0.5, 0.6) is 11.5 Å². The maximum Gasteiger partial charge on any atom is 0.404 e. The molecule has 0 aliphatic carbocycles. The number of halogens is 1. The molecule has 0 spiro atoms. The number of amides is 2. The van der Waals surface area contributed by atoms with Crippen molar-refractivity contribution in [2.75, 3.05) is 26.3 Å². The van der Waals surface area contributed by atoms with Crippen LogP contribution in [0.2, 0.25) is 0 Å². The quantitative estimate of drug-likeness (QED) is 0.456. The van der Waals surface area contributed by atoms with Gasteiger partial charge in [-0.1, -0.05) is 15.9 Å². The van der Waals surface area contributed by atoms with Crippen molar-refractivity contribution in [3.63, 3.8) is 0 Å². The number of carboxylic acid groups (broad SMARTS) is 2. The zero-order chi connectivity index (χ0) is 17.1. The zero-order valence-electron chi connectivity index (χ0n) is 12.4. The number of hydrogen-bond donors (Lipinski definition) is 4. The van der Waals surface area contributed by atoms with Crippen molar-refractivity contribution in [3.8, 4) is 11.5 Å². The van der Waals surface area contributed by atoms with Crippen molar-refractivity contribution >= 4 is 28.1 Å². The summed E-state index contributed by atoms with van der Waals surface area (Å²) in [5, 5.41) is 21.4. The van der Waals surface area contributed by atoms with Crippen LogP contribution in [0, 0.1) is 0 Å². The molecule has 2 amide bonds. The van der Waals surface area contributed by atoms with E-state index in [4.69, 9.17) is 19.7 Å². The fourth-order valence-electron chi connectivity index (χ4n) is 1.62. The average Bonchev–Trinajstić information content (AvgIpc) is 2.45. The molecule has 1 rings (SSSR count). The van der Waals surface area contributed by atoms with Gasteiger partial charge in [-0.05, 0) is 25.0 Å².